The van der Waals surface area contributed by atoms with Crippen molar-refractivity contribution in [2.75, 3.05) is 13.1 Å². The van der Waals surface area contributed by atoms with Crippen molar-refractivity contribution in [1.82, 2.24) is 15.3 Å². The summed E-state index contributed by atoms with van der Waals surface area (Å²) < 4.78 is 14.5. The van der Waals surface area contributed by atoms with Crippen LogP contribution >= 0.6 is 15.9 Å². The van der Waals surface area contributed by atoms with Crippen LogP contribution in [0.5, 0.6) is 0 Å². The molecule has 1 saturated heterocycles. The highest BCUT2D eigenvalue weighted by Crippen LogP contribution is 2.26. The van der Waals surface area contributed by atoms with Crippen molar-refractivity contribution in [1.29, 1.82) is 0 Å². The van der Waals surface area contributed by atoms with Crippen LogP contribution in [0.25, 0.3) is 11.0 Å². The first-order valence-electron chi connectivity index (χ1n) is 6.06. The van der Waals surface area contributed by atoms with Crippen molar-refractivity contribution >= 4 is 27.0 Å². The molecule has 0 saturated carbocycles. The van der Waals surface area contributed by atoms with Crippen LogP contribution in [0.1, 0.15) is 24.5 Å². The van der Waals surface area contributed by atoms with Crippen molar-refractivity contribution in [3.8, 4) is 0 Å². The first-order valence-corrected chi connectivity index (χ1v) is 6.86. The fourth-order valence-corrected chi connectivity index (χ4v) is 2.79. The van der Waals surface area contributed by atoms with E-state index in [1.807, 2.05) is 0 Å². The number of rotatable bonds is 1. The molecule has 1 N–H and O–H groups in total. The van der Waals surface area contributed by atoms with Gasteiger partial charge in [-0.15, -0.1) is 0 Å². The first-order chi connectivity index (χ1) is 8.74. The van der Waals surface area contributed by atoms with Crippen LogP contribution in [0.15, 0.2) is 22.8 Å². The highest BCUT2D eigenvalue weighted by Gasteiger charge is 2.18. The number of aromatic nitrogens is 2. The lowest BCUT2D eigenvalue weighted by Gasteiger charge is -2.21. The Morgan fingerprint density at radius 2 is 2.06 bits per heavy atom. The molecule has 1 aliphatic heterocycles. The lowest BCUT2D eigenvalue weighted by atomic mass is 9.95. The molecule has 18 heavy (non-hydrogen) atoms. The zero-order chi connectivity index (χ0) is 12.5. The van der Waals surface area contributed by atoms with E-state index in [0.29, 0.717) is 21.4 Å². The number of nitrogens with one attached hydrogen (secondary N) is 1. The van der Waals surface area contributed by atoms with Crippen LogP contribution in [0, 0.1) is 5.82 Å². The first kappa shape index (κ1) is 12.0. The lowest BCUT2D eigenvalue weighted by Crippen LogP contribution is -2.27. The number of piperidine rings is 1. The summed E-state index contributed by atoms with van der Waals surface area (Å²) in [4.78, 5) is 8.78. The summed E-state index contributed by atoms with van der Waals surface area (Å²) in [5.41, 5.74) is 1.87. The molecular weight excluding hydrogens is 297 g/mol. The zero-order valence-corrected chi connectivity index (χ0v) is 11.4. The van der Waals surface area contributed by atoms with Gasteiger partial charge in [0.1, 0.15) is 5.52 Å². The van der Waals surface area contributed by atoms with E-state index in [4.69, 9.17) is 0 Å². The number of nitrogens with zero attached hydrogens (tertiary/aromatic N) is 2. The van der Waals surface area contributed by atoms with Crippen LogP contribution in [0.4, 0.5) is 4.39 Å². The fraction of sp³-hybridized carbons (Fsp3) is 0.385. The monoisotopic (exact) mass is 309 g/mol. The van der Waals surface area contributed by atoms with Gasteiger partial charge in [-0.05, 0) is 38.1 Å². The van der Waals surface area contributed by atoms with E-state index in [0.717, 1.165) is 31.6 Å². The Morgan fingerprint density at radius 3 is 2.83 bits per heavy atom. The molecule has 1 fully saturated rings. The van der Waals surface area contributed by atoms with Gasteiger partial charge in [0, 0.05) is 16.6 Å². The van der Waals surface area contributed by atoms with Gasteiger partial charge in [-0.3, -0.25) is 4.98 Å². The molecule has 0 bridgehead atoms. The van der Waals surface area contributed by atoms with E-state index in [1.165, 1.54) is 6.07 Å². The van der Waals surface area contributed by atoms with E-state index in [2.05, 4.69) is 31.2 Å². The summed E-state index contributed by atoms with van der Waals surface area (Å²) in [5, 5.41) is 3.31. The van der Waals surface area contributed by atoms with E-state index >= 15 is 0 Å². The molecular formula is C13H13BrFN3. The third-order valence-corrected chi connectivity index (χ3v) is 3.80. The Hall–Kier alpha value is -1.07. The topological polar surface area (TPSA) is 37.8 Å². The zero-order valence-electron chi connectivity index (χ0n) is 9.79. The van der Waals surface area contributed by atoms with Crippen LogP contribution in [0.3, 0.4) is 0 Å². The van der Waals surface area contributed by atoms with Gasteiger partial charge >= 0.3 is 0 Å². The van der Waals surface area contributed by atoms with Gasteiger partial charge in [0.2, 0.25) is 0 Å². The molecule has 3 nitrogen and oxygen atoms in total. The maximum Gasteiger partial charge on any atom is 0.152 e. The number of benzene rings is 1. The quantitative estimate of drug-likeness (QED) is 0.880. The Morgan fingerprint density at radius 1 is 1.28 bits per heavy atom. The Labute approximate surface area is 113 Å². The molecule has 0 unspecified atom stereocenters. The van der Waals surface area contributed by atoms with E-state index in [9.17, 15) is 4.39 Å². The summed E-state index contributed by atoms with van der Waals surface area (Å²) in [7, 11) is 0. The molecule has 2 heterocycles. The standard InChI is InChI=1S/C13H13BrFN3/c14-9-5-10(15)13-11(6-9)17-7-12(18-13)8-1-3-16-4-2-8/h5-8,16H,1-4H2. The van der Waals surface area contributed by atoms with Gasteiger partial charge in [0.25, 0.3) is 0 Å². The minimum atomic E-state index is -0.317. The molecule has 0 spiro atoms. The average Bonchev–Trinajstić information content (AvgIpc) is 2.39. The minimum Gasteiger partial charge on any atom is -0.317 e. The molecule has 0 amide bonds. The lowest BCUT2D eigenvalue weighted by molar-refractivity contribution is 0.453. The maximum absolute atomic E-state index is 13.8. The molecule has 0 aliphatic carbocycles. The number of halogens is 2. The van der Waals surface area contributed by atoms with E-state index in [-0.39, 0.29) is 5.82 Å². The highest BCUT2D eigenvalue weighted by molar-refractivity contribution is 9.10. The Bertz CT molecular complexity index is 582. The maximum atomic E-state index is 13.8. The summed E-state index contributed by atoms with van der Waals surface area (Å²) in [6.45, 7) is 1.99. The number of hydrogen-bond acceptors (Lipinski definition) is 3. The van der Waals surface area contributed by atoms with Crippen LogP contribution in [-0.2, 0) is 0 Å². The average molecular weight is 310 g/mol. The number of hydrogen-bond donors (Lipinski definition) is 1. The SMILES string of the molecule is Fc1cc(Br)cc2ncc(C3CCNCC3)nc12. The summed E-state index contributed by atoms with van der Waals surface area (Å²) in [6, 6.07) is 3.22. The van der Waals surface area contributed by atoms with Gasteiger partial charge in [0.15, 0.2) is 5.82 Å². The van der Waals surface area contributed by atoms with Crippen molar-refractivity contribution < 1.29 is 4.39 Å². The Kier molecular flexibility index (Phi) is 3.26. The summed E-state index contributed by atoms with van der Waals surface area (Å²) >= 11 is 3.26. The minimum absolute atomic E-state index is 0.317. The predicted molar refractivity (Wildman–Crippen MR) is 72.0 cm³/mol. The third kappa shape index (κ3) is 2.24. The molecule has 3 rings (SSSR count). The highest BCUT2D eigenvalue weighted by atomic mass is 79.9. The van der Waals surface area contributed by atoms with Gasteiger partial charge in [-0.1, -0.05) is 15.9 Å². The molecule has 0 atom stereocenters. The third-order valence-electron chi connectivity index (χ3n) is 3.34. The Balaban J connectivity index is 2.04. The van der Waals surface area contributed by atoms with Crippen LogP contribution in [0.2, 0.25) is 0 Å². The van der Waals surface area contributed by atoms with Crippen molar-refractivity contribution in [2.24, 2.45) is 0 Å². The molecule has 1 aromatic carbocycles. The van der Waals surface area contributed by atoms with Gasteiger partial charge in [-0.2, -0.15) is 0 Å². The smallest absolute Gasteiger partial charge is 0.152 e. The second kappa shape index (κ2) is 4.90. The van der Waals surface area contributed by atoms with Gasteiger partial charge in [0.05, 0.1) is 11.2 Å². The second-order valence-corrected chi connectivity index (χ2v) is 5.49. The number of fused-ring (bicyclic) bond motifs is 1. The molecule has 0 radical (unpaired) electrons. The summed E-state index contributed by atoms with van der Waals surface area (Å²) in [5.74, 6) is 0.0776. The normalized spacial score (nSPS) is 17.2. The van der Waals surface area contributed by atoms with Crippen molar-refractivity contribution in [3.63, 3.8) is 0 Å². The predicted octanol–water partition coefficient (Wildman–Crippen LogP) is 3.00. The van der Waals surface area contributed by atoms with E-state index < -0.39 is 0 Å². The summed E-state index contributed by atoms with van der Waals surface area (Å²) in [6.07, 6.45) is 3.86. The molecule has 1 aliphatic rings. The van der Waals surface area contributed by atoms with E-state index in [1.54, 1.807) is 12.3 Å². The van der Waals surface area contributed by atoms with Crippen LogP contribution in [-0.4, -0.2) is 23.1 Å². The van der Waals surface area contributed by atoms with Gasteiger partial charge < -0.3 is 5.32 Å². The second-order valence-electron chi connectivity index (χ2n) is 4.57. The largest absolute Gasteiger partial charge is 0.317 e. The molecule has 1 aromatic heterocycles. The van der Waals surface area contributed by atoms with Crippen molar-refractivity contribution in [3.05, 3.63) is 34.3 Å². The van der Waals surface area contributed by atoms with Crippen molar-refractivity contribution in [2.45, 2.75) is 18.8 Å². The fourth-order valence-electron chi connectivity index (χ4n) is 2.37. The molecule has 2 aromatic rings. The van der Waals surface area contributed by atoms with Gasteiger partial charge in [-0.25, -0.2) is 9.37 Å². The molecule has 94 valence electrons. The molecule has 5 heteroatoms. The van der Waals surface area contributed by atoms with Crippen LogP contribution < -0.4 is 5.32 Å².